The highest BCUT2D eigenvalue weighted by Gasteiger charge is 2.30. The van der Waals surface area contributed by atoms with Crippen molar-refractivity contribution >= 4 is 60.7 Å². The fourth-order valence-electron chi connectivity index (χ4n) is 3.79. The third-order valence-electron chi connectivity index (χ3n) is 5.46. The van der Waals surface area contributed by atoms with Gasteiger partial charge < -0.3 is 4.57 Å². The lowest BCUT2D eigenvalue weighted by molar-refractivity contribution is 0.0998. The number of rotatable bonds is 3. The van der Waals surface area contributed by atoms with Crippen molar-refractivity contribution in [2.24, 2.45) is 12.0 Å². The van der Waals surface area contributed by atoms with Crippen molar-refractivity contribution in [3.05, 3.63) is 56.8 Å². The Balaban J connectivity index is 1.64. The van der Waals surface area contributed by atoms with E-state index in [-0.39, 0.29) is 10.9 Å². The topological polar surface area (TPSA) is 71.7 Å². The summed E-state index contributed by atoms with van der Waals surface area (Å²) in [6.45, 7) is 2.45. The van der Waals surface area contributed by atoms with Crippen LogP contribution in [0.1, 0.15) is 36.5 Å². The zero-order valence-electron chi connectivity index (χ0n) is 17.0. The molecule has 0 spiro atoms. The first-order valence-corrected chi connectivity index (χ1v) is 12.9. The Bertz CT molecular complexity index is 1330. The van der Waals surface area contributed by atoms with Gasteiger partial charge in [0.25, 0.3) is 5.91 Å². The monoisotopic (exact) mass is 497 g/mol. The van der Waals surface area contributed by atoms with Gasteiger partial charge in [-0.1, -0.05) is 41.0 Å². The SMILES string of the molecule is CC1CCCCN1S(=O)(=O)c1ccc(C(=O)N=c2sc3cc(Cl)cc(Cl)c3n2C)cc1. The first-order chi connectivity index (χ1) is 14.7. The Labute approximate surface area is 194 Å². The molecule has 1 atom stereocenters. The van der Waals surface area contributed by atoms with Crippen LogP contribution in [-0.4, -0.2) is 35.8 Å². The summed E-state index contributed by atoms with van der Waals surface area (Å²) in [4.78, 5) is 17.6. The van der Waals surface area contributed by atoms with Gasteiger partial charge in [-0.25, -0.2) is 8.42 Å². The molecule has 0 radical (unpaired) electrons. The number of piperidine rings is 1. The number of nitrogens with zero attached hydrogens (tertiary/aromatic N) is 3. The standard InChI is InChI=1S/C21H21Cl2N3O3S2/c1-13-5-3-4-10-26(13)31(28,29)16-8-6-14(7-9-16)20(27)24-21-25(2)19-17(23)11-15(22)12-18(19)30-21/h6-9,11-13H,3-5,10H2,1-2H3. The summed E-state index contributed by atoms with van der Waals surface area (Å²) in [6.07, 6.45) is 2.76. The fraction of sp³-hybridized carbons (Fsp3) is 0.333. The number of carbonyl (C=O) groups excluding carboxylic acids is 1. The molecule has 0 N–H and O–H groups in total. The Kier molecular flexibility index (Phi) is 6.29. The van der Waals surface area contributed by atoms with Gasteiger partial charge in [0.05, 0.1) is 20.1 Å². The van der Waals surface area contributed by atoms with Gasteiger partial charge in [0, 0.05) is 30.2 Å². The second kappa shape index (κ2) is 8.67. The van der Waals surface area contributed by atoms with Crippen LogP contribution in [0.2, 0.25) is 10.0 Å². The van der Waals surface area contributed by atoms with Crippen LogP contribution in [0.4, 0.5) is 0 Å². The molecule has 164 valence electrons. The van der Waals surface area contributed by atoms with Crippen molar-refractivity contribution < 1.29 is 13.2 Å². The third-order valence-corrected chi connectivity index (χ3v) is 9.08. The van der Waals surface area contributed by atoms with Gasteiger partial charge in [0.15, 0.2) is 4.80 Å². The van der Waals surface area contributed by atoms with Gasteiger partial charge in [-0.15, -0.1) is 0 Å². The second-order valence-corrected chi connectivity index (χ2v) is 11.3. The molecule has 0 saturated carbocycles. The van der Waals surface area contributed by atoms with Crippen LogP contribution >= 0.6 is 34.5 Å². The summed E-state index contributed by atoms with van der Waals surface area (Å²) in [5.41, 5.74) is 1.06. The van der Waals surface area contributed by atoms with Gasteiger partial charge in [0.2, 0.25) is 10.0 Å². The van der Waals surface area contributed by atoms with E-state index in [2.05, 4.69) is 4.99 Å². The number of carbonyl (C=O) groups is 1. The maximum Gasteiger partial charge on any atom is 0.279 e. The lowest BCUT2D eigenvalue weighted by atomic mass is 10.1. The smallest absolute Gasteiger partial charge is 0.279 e. The molecule has 0 bridgehead atoms. The van der Waals surface area contributed by atoms with E-state index in [1.807, 2.05) is 6.92 Å². The molecule has 2 heterocycles. The lowest BCUT2D eigenvalue weighted by Crippen LogP contribution is -2.41. The molecule has 1 aliphatic rings. The molecule has 6 nitrogen and oxygen atoms in total. The Morgan fingerprint density at radius 2 is 1.87 bits per heavy atom. The van der Waals surface area contributed by atoms with E-state index in [9.17, 15) is 13.2 Å². The molecule has 4 rings (SSSR count). The van der Waals surface area contributed by atoms with Gasteiger partial charge in [-0.2, -0.15) is 9.30 Å². The normalized spacial score (nSPS) is 18.6. The molecule has 1 unspecified atom stereocenters. The summed E-state index contributed by atoms with van der Waals surface area (Å²) in [5.74, 6) is -0.459. The molecular weight excluding hydrogens is 477 g/mol. The van der Waals surface area contributed by atoms with E-state index in [0.29, 0.717) is 27.0 Å². The number of halogens is 2. The number of thiazole rings is 1. The van der Waals surface area contributed by atoms with Gasteiger partial charge in [-0.05, 0) is 56.2 Å². The van der Waals surface area contributed by atoms with E-state index in [1.54, 1.807) is 28.1 Å². The molecule has 1 fully saturated rings. The largest absolute Gasteiger partial charge is 0.318 e. The molecule has 1 saturated heterocycles. The molecule has 2 aromatic carbocycles. The number of aryl methyl sites for hydroxylation is 1. The number of amides is 1. The minimum Gasteiger partial charge on any atom is -0.318 e. The number of sulfonamides is 1. The minimum absolute atomic E-state index is 0.0247. The highest BCUT2D eigenvalue weighted by Crippen LogP contribution is 2.29. The number of hydrogen-bond acceptors (Lipinski definition) is 4. The average molecular weight is 498 g/mol. The molecule has 31 heavy (non-hydrogen) atoms. The van der Waals surface area contributed by atoms with Crippen molar-refractivity contribution in [1.29, 1.82) is 0 Å². The molecule has 0 aliphatic carbocycles. The van der Waals surface area contributed by atoms with E-state index in [1.165, 1.54) is 35.6 Å². The number of fused-ring (bicyclic) bond motifs is 1. The molecule has 1 aliphatic heterocycles. The van der Waals surface area contributed by atoms with E-state index >= 15 is 0 Å². The van der Waals surface area contributed by atoms with Crippen molar-refractivity contribution in [3.63, 3.8) is 0 Å². The fourth-order valence-corrected chi connectivity index (χ4v) is 7.31. The Morgan fingerprint density at radius 3 is 2.55 bits per heavy atom. The molecule has 1 amide bonds. The van der Waals surface area contributed by atoms with E-state index in [4.69, 9.17) is 23.2 Å². The van der Waals surface area contributed by atoms with Crippen LogP contribution in [0, 0.1) is 0 Å². The van der Waals surface area contributed by atoms with Crippen LogP contribution in [0.15, 0.2) is 46.3 Å². The Hall–Kier alpha value is -1.71. The average Bonchev–Trinajstić information content (AvgIpc) is 3.03. The summed E-state index contributed by atoms with van der Waals surface area (Å²) in [7, 11) is -1.81. The van der Waals surface area contributed by atoms with Crippen molar-refractivity contribution in [1.82, 2.24) is 8.87 Å². The Morgan fingerprint density at radius 1 is 1.16 bits per heavy atom. The maximum absolute atomic E-state index is 13.0. The van der Waals surface area contributed by atoms with Crippen molar-refractivity contribution in [2.45, 2.75) is 37.1 Å². The lowest BCUT2D eigenvalue weighted by Gasteiger charge is -2.32. The third kappa shape index (κ3) is 4.32. The second-order valence-electron chi connectivity index (χ2n) is 7.58. The van der Waals surface area contributed by atoms with Gasteiger partial charge in [-0.3, -0.25) is 4.79 Å². The van der Waals surface area contributed by atoms with E-state index in [0.717, 1.165) is 29.5 Å². The van der Waals surface area contributed by atoms with E-state index < -0.39 is 15.9 Å². The molecular formula is C21H21Cl2N3O3S2. The summed E-state index contributed by atoms with van der Waals surface area (Å²) >= 11 is 13.7. The first-order valence-electron chi connectivity index (χ1n) is 9.84. The number of aromatic nitrogens is 1. The highest BCUT2D eigenvalue weighted by molar-refractivity contribution is 7.89. The summed E-state index contributed by atoms with van der Waals surface area (Å²) in [6, 6.07) is 9.35. The number of hydrogen-bond donors (Lipinski definition) is 0. The maximum atomic E-state index is 13.0. The van der Waals surface area contributed by atoms with Crippen LogP contribution in [0.5, 0.6) is 0 Å². The van der Waals surface area contributed by atoms with Crippen LogP contribution < -0.4 is 4.80 Å². The zero-order valence-corrected chi connectivity index (χ0v) is 20.2. The van der Waals surface area contributed by atoms with Crippen molar-refractivity contribution in [3.8, 4) is 0 Å². The minimum atomic E-state index is -3.58. The quantitative estimate of drug-likeness (QED) is 0.518. The zero-order chi connectivity index (χ0) is 22.3. The summed E-state index contributed by atoms with van der Waals surface area (Å²) < 4.78 is 30.0. The number of benzene rings is 2. The first kappa shape index (κ1) is 22.5. The van der Waals surface area contributed by atoms with Crippen LogP contribution in [0.3, 0.4) is 0 Å². The molecule has 3 aromatic rings. The van der Waals surface area contributed by atoms with Crippen LogP contribution in [-0.2, 0) is 17.1 Å². The van der Waals surface area contributed by atoms with Gasteiger partial charge >= 0.3 is 0 Å². The predicted octanol–water partition coefficient (Wildman–Crippen LogP) is 4.85. The summed E-state index contributed by atoms with van der Waals surface area (Å²) in [5, 5.41) is 0.994. The van der Waals surface area contributed by atoms with Crippen LogP contribution in [0.25, 0.3) is 10.2 Å². The van der Waals surface area contributed by atoms with Gasteiger partial charge in [0.1, 0.15) is 0 Å². The predicted molar refractivity (Wildman–Crippen MR) is 124 cm³/mol. The molecule has 1 aromatic heterocycles. The van der Waals surface area contributed by atoms with Crippen molar-refractivity contribution in [2.75, 3.05) is 6.54 Å². The highest BCUT2D eigenvalue weighted by atomic mass is 35.5. The molecule has 10 heteroatoms.